The van der Waals surface area contributed by atoms with E-state index in [1.54, 1.807) is 28.6 Å². The Bertz CT molecular complexity index is 667. The van der Waals surface area contributed by atoms with Gasteiger partial charge in [-0.1, -0.05) is 0 Å². The summed E-state index contributed by atoms with van der Waals surface area (Å²) in [6.07, 6.45) is 0.835. The van der Waals surface area contributed by atoms with Gasteiger partial charge in [0.05, 0.1) is 18.1 Å². The van der Waals surface area contributed by atoms with Gasteiger partial charge in [-0.3, -0.25) is 4.57 Å². The summed E-state index contributed by atoms with van der Waals surface area (Å²) in [4.78, 5) is 8.46. The number of hydrogen-bond donors (Lipinski definition) is 4. The fourth-order valence-electron chi connectivity index (χ4n) is 2.62. The highest BCUT2D eigenvalue weighted by Gasteiger charge is 2.44. The van der Waals surface area contributed by atoms with Crippen molar-refractivity contribution in [2.45, 2.75) is 31.0 Å². The number of ether oxygens (including phenoxy) is 1. The van der Waals surface area contributed by atoms with Crippen molar-refractivity contribution in [3.8, 4) is 0 Å². The zero-order valence-corrected chi connectivity index (χ0v) is 13.4. The molecular formula is C14H21N5O3S. The van der Waals surface area contributed by atoms with E-state index in [4.69, 9.17) is 16.2 Å². The number of imidazole rings is 1. The van der Waals surface area contributed by atoms with Crippen LogP contribution in [0.25, 0.3) is 11.2 Å². The molecule has 0 amide bonds. The second kappa shape index (κ2) is 7.02. The number of aliphatic hydroxyl groups is 2. The Kier molecular flexibility index (Phi) is 5.02. The standard InChI is InChI=1S/C14H21N5O3S/c15-3-1-5-23-6-9-11(20)12(21)14(22-9)19-7-18-10-8(16)2-4-17-13(10)19/h2,4,7,9,11-12,14,20-21H,1,3,5-6,15H2,(H2,16,17). The summed E-state index contributed by atoms with van der Waals surface area (Å²) in [5, 5.41) is 20.5. The number of fused-ring (bicyclic) bond motifs is 1. The lowest BCUT2D eigenvalue weighted by Crippen LogP contribution is -2.32. The normalized spacial score (nSPS) is 27.8. The zero-order valence-electron chi connectivity index (χ0n) is 12.6. The van der Waals surface area contributed by atoms with Crippen LogP contribution in [0.4, 0.5) is 5.69 Å². The Morgan fingerprint density at radius 1 is 1.30 bits per heavy atom. The fraction of sp³-hybridized carbons (Fsp3) is 0.571. The number of hydrogen-bond acceptors (Lipinski definition) is 8. The van der Waals surface area contributed by atoms with Crippen LogP contribution in [0.15, 0.2) is 18.6 Å². The number of nitrogens with zero attached hydrogens (tertiary/aromatic N) is 3. The highest BCUT2D eigenvalue weighted by atomic mass is 32.2. The molecule has 0 aromatic carbocycles. The molecule has 3 heterocycles. The third kappa shape index (κ3) is 3.15. The van der Waals surface area contributed by atoms with Gasteiger partial charge >= 0.3 is 0 Å². The maximum atomic E-state index is 10.3. The number of nitrogens with two attached hydrogens (primary N) is 2. The minimum Gasteiger partial charge on any atom is -0.397 e. The number of nitrogen functional groups attached to an aromatic ring is 1. The molecule has 0 saturated carbocycles. The average molecular weight is 339 g/mol. The van der Waals surface area contributed by atoms with Crippen LogP contribution in [0, 0.1) is 0 Å². The summed E-state index contributed by atoms with van der Waals surface area (Å²) < 4.78 is 7.46. The van der Waals surface area contributed by atoms with Crippen molar-refractivity contribution in [2.75, 3.05) is 23.8 Å². The molecule has 1 aliphatic heterocycles. The first-order chi connectivity index (χ1) is 11.1. The van der Waals surface area contributed by atoms with E-state index in [1.807, 2.05) is 0 Å². The molecule has 8 nitrogen and oxygen atoms in total. The number of anilines is 1. The summed E-state index contributed by atoms with van der Waals surface area (Å²) in [7, 11) is 0. The summed E-state index contributed by atoms with van der Waals surface area (Å²) >= 11 is 1.65. The van der Waals surface area contributed by atoms with Gasteiger partial charge in [0, 0.05) is 11.9 Å². The maximum Gasteiger partial charge on any atom is 0.165 e. The molecule has 6 N–H and O–H groups in total. The molecule has 1 aliphatic rings. The van der Waals surface area contributed by atoms with E-state index in [1.165, 1.54) is 6.33 Å². The predicted molar refractivity (Wildman–Crippen MR) is 88.9 cm³/mol. The van der Waals surface area contributed by atoms with Crippen LogP contribution in [-0.2, 0) is 4.74 Å². The molecule has 1 saturated heterocycles. The van der Waals surface area contributed by atoms with Crippen LogP contribution in [0.1, 0.15) is 12.6 Å². The Hall–Kier alpha value is -1.39. The van der Waals surface area contributed by atoms with Crippen molar-refractivity contribution in [3.05, 3.63) is 18.6 Å². The minimum atomic E-state index is -1.05. The van der Waals surface area contributed by atoms with Crippen molar-refractivity contribution in [1.29, 1.82) is 0 Å². The van der Waals surface area contributed by atoms with Gasteiger partial charge in [0.25, 0.3) is 0 Å². The molecule has 1 fully saturated rings. The molecule has 9 heteroatoms. The van der Waals surface area contributed by atoms with Gasteiger partial charge in [-0.2, -0.15) is 11.8 Å². The Balaban J connectivity index is 1.76. The van der Waals surface area contributed by atoms with Crippen molar-refractivity contribution < 1.29 is 14.9 Å². The van der Waals surface area contributed by atoms with E-state index < -0.39 is 24.5 Å². The lowest BCUT2D eigenvalue weighted by Gasteiger charge is -2.16. The van der Waals surface area contributed by atoms with Crippen molar-refractivity contribution in [3.63, 3.8) is 0 Å². The highest BCUT2D eigenvalue weighted by Crippen LogP contribution is 2.33. The lowest BCUT2D eigenvalue weighted by molar-refractivity contribution is -0.0288. The molecule has 0 spiro atoms. The largest absolute Gasteiger partial charge is 0.397 e. The van der Waals surface area contributed by atoms with Gasteiger partial charge in [0.15, 0.2) is 11.9 Å². The molecule has 0 aliphatic carbocycles. The number of aromatic nitrogens is 3. The minimum absolute atomic E-state index is 0.448. The van der Waals surface area contributed by atoms with Crippen LogP contribution in [-0.4, -0.2) is 61.1 Å². The molecule has 0 radical (unpaired) electrons. The summed E-state index contributed by atoms with van der Waals surface area (Å²) in [5.74, 6) is 1.49. The summed E-state index contributed by atoms with van der Waals surface area (Å²) in [6.45, 7) is 0.639. The van der Waals surface area contributed by atoms with Gasteiger partial charge in [-0.15, -0.1) is 0 Å². The Morgan fingerprint density at radius 2 is 2.13 bits per heavy atom. The van der Waals surface area contributed by atoms with E-state index in [-0.39, 0.29) is 0 Å². The lowest BCUT2D eigenvalue weighted by atomic mass is 10.1. The van der Waals surface area contributed by atoms with Gasteiger partial charge in [0.1, 0.15) is 17.7 Å². The molecule has 23 heavy (non-hydrogen) atoms. The van der Waals surface area contributed by atoms with E-state index in [0.717, 1.165) is 12.2 Å². The van der Waals surface area contributed by atoms with Crippen LogP contribution in [0.2, 0.25) is 0 Å². The van der Waals surface area contributed by atoms with E-state index >= 15 is 0 Å². The number of thioether (sulfide) groups is 1. The summed E-state index contributed by atoms with van der Waals surface area (Å²) in [5.41, 5.74) is 12.9. The second-order valence-electron chi connectivity index (χ2n) is 5.49. The monoisotopic (exact) mass is 339 g/mol. The molecule has 3 rings (SSSR count). The van der Waals surface area contributed by atoms with E-state index in [0.29, 0.717) is 29.1 Å². The first kappa shape index (κ1) is 16.5. The third-order valence-corrected chi connectivity index (χ3v) is 5.02. The highest BCUT2D eigenvalue weighted by molar-refractivity contribution is 7.99. The molecule has 126 valence electrons. The van der Waals surface area contributed by atoms with Crippen molar-refractivity contribution >= 4 is 28.6 Å². The van der Waals surface area contributed by atoms with Crippen molar-refractivity contribution in [1.82, 2.24) is 14.5 Å². The molecule has 4 unspecified atom stereocenters. The van der Waals surface area contributed by atoms with Gasteiger partial charge < -0.3 is 26.4 Å². The number of pyridine rings is 1. The molecule has 0 bridgehead atoms. The number of aliphatic hydroxyl groups excluding tert-OH is 2. The molecular weight excluding hydrogens is 318 g/mol. The smallest absolute Gasteiger partial charge is 0.165 e. The van der Waals surface area contributed by atoms with E-state index in [9.17, 15) is 10.2 Å². The zero-order chi connectivity index (χ0) is 16.4. The average Bonchev–Trinajstić information content (AvgIpc) is 3.09. The van der Waals surface area contributed by atoms with Crippen LogP contribution in [0.5, 0.6) is 0 Å². The predicted octanol–water partition coefficient (Wildman–Crippen LogP) is -0.285. The van der Waals surface area contributed by atoms with Gasteiger partial charge in [0.2, 0.25) is 0 Å². The second-order valence-corrected chi connectivity index (χ2v) is 6.64. The molecule has 4 atom stereocenters. The summed E-state index contributed by atoms with van der Waals surface area (Å²) in [6, 6.07) is 1.66. The molecule has 2 aromatic heterocycles. The Labute approximate surface area is 137 Å². The number of rotatable bonds is 6. The van der Waals surface area contributed by atoms with Crippen LogP contribution >= 0.6 is 11.8 Å². The van der Waals surface area contributed by atoms with Crippen molar-refractivity contribution in [2.24, 2.45) is 5.73 Å². The molecule has 2 aromatic rings. The SMILES string of the molecule is NCCCSCC1OC(n2cnc3c(N)ccnc32)C(O)C1O. The topological polar surface area (TPSA) is 132 Å². The van der Waals surface area contributed by atoms with Crippen LogP contribution in [0.3, 0.4) is 0 Å². The van der Waals surface area contributed by atoms with Crippen LogP contribution < -0.4 is 11.5 Å². The maximum absolute atomic E-state index is 10.3. The first-order valence-corrected chi connectivity index (χ1v) is 8.65. The first-order valence-electron chi connectivity index (χ1n) is 7.50. The Morgan fingerprint density at radius 3 is 2.91 bits per heavy atom. The van der Waals surface area contributed by atoms with Gasteiger partial charge in [-0.05, 0) is 24.8 Å². The quantitative estimate of drug-likeness (QED) is 0.528. The fourth-order valence-corrected chi connectivity index (χ4v) is 3.67. The van der Waals surface area contributed by atoms with Gasteiger partial charge in [-0.25, -0.2) is 9.97 Å². The van der Waals surface area contributed by atoms with E-state index in [2.05, 4.69) is 9.97 Å². The third-order valence-electron chi connectivity index (χ3n) is 3.88.